The van der Waals surface area contributed by atoms with Crippen LogP contribution in [0.15, 0.2) is 48.5 Å². The van der Waals surface area contributed by atoms with Gasteiger partial charge in [-0.25, -0.2) is 0 Å². The van der Waals surface area contributed by atoms with Crippen LogP contribution in [0.3, 0.4) is 0 Å². The number of carbonyl (C=O) groups is 1. The zero-order valence-corrected chi connectivity index (χ0v) is 13.1. The highest BCUT2D eigenvalue weighted by atomic mass is 127. The molecule has 0 aliphatic carbocycles. The summed E-state index contributed by atoms with van der Waals surface area (Å²) in [5.74, 6) is 0.0177. The van der Waals surface area contributed by atoms with Crippen molar-refractivity contribution < 1.29 is 4.79 Å². The summed E-state index contributed by atoms with van der Waals surface area (Å²) < 4.78 is 0.943. The predicted molar refractivity (Wildman–Crippen MR) is 87.6 cm³/mol. The lowest BCUT2D eigenvalue weighted by Crippen LogP contribution is -2.13. The highest BCUT2D eigenvalue weighted by Gasteiger charge is 2.06. The van der Waals surface area contributed by atoms with Gasteiger partial charge in [0, 0.05) is 15.0 Å². The molecule has 2 rings (SSSR count). The lowest BCUT2D eigenvalue weighted by molar-refractivity contribution is -0.116. The SMILES string of the molecule is O=C(CCc1ccccc1)Nc1ccc(Cl)cc1I. The van der Waals surface area contributed by atoms with Crippen LogP contribution in [0.4, 0.5) is 5.69 Å². The van der Waals surface area contributed by atoms with Crippen LogP contribution >= 0.6 is 34.2 Å². The average Bonchev–Trinajstić information content (AvgIpc) is 2.41. The number of nitrogens with one attached hydrogen (secondary N) is 1. The van der Waals surface area contributed by atoms with Crippen LogP contribution < -0.4 is 5.32 Å². The van der Waals surface area contributed by atoms with E-state index < -0.39 is 0 Å². The first-order valence-electron chi connectivity index (χ1n) is 5.94. The molecule has 0 aliphatic rings. The Morgan fingerprint density at radius 3 is 2.58 bits per heavy atom. The Kier molecular flexibility index (Phi) is 5.22. The van der Waals surface area contributed by atoms with E-state index in [0.29, 0.717) is 11.4 Å². The van der Waals surface area contributed by atoms with Gasteiger partial charge in [0.15, 0.2) is 0 Å². The quantitative estimate of drug-likeness (QED) is 0.771. The first kappa shape index (κ1) is 14.3. The molecule has 0 fully saturated rings. The van der Waals surface area contributed by atoms with Gasteiger partial charge in [0.05, 0.1) is 5.69 Å². The van der Waals surface area contributed by atoms with Gasteiger partial charge in [0.2, 0.25) is 5.91 Å². The molecule has 2 nitrogen and oxygen atoms in total. The van der Waals surface area contributed by atoms with Crippen molar-refractivity contribution in [3.05, 3.63) is 62.7 Å². The molecule has 1 N–H and O–H groups in total. The van der Waals surface area contributed by atoms with Gasteiger partial charge in [-0.1, -0.05) is 41.9 Å². The Labute approximate surface area is 131 Å². The Hall–Kier alpha value is -1.07. The highest BCUT2D eigenvalue weighted by Crippen LogP contribution is 2.22. The summed E-state index contributed by atoms with van der Waals surface area (Å²) in [5, 5.41) is 3.58. The molecule has 0 heterocycles. The van der Waals surface area contributed by atoms with Crippen molar-refractivity contribution in [2.24, 2.45) is 0 Å². The van der Waals surface area contributed by atoms with Crippen molar-refractivity contribution >= 4 is 45.8 Å². The van der Waals surface area contributed by atoms with Gasteiger partial charge >= 0.3 is 0 Å². The van der Waals surface area contributed by atoms with Crippen LogP contribution in [0.2, 0.25) is 5.02 Å². The molecule has 0 spiro atoms. The number of hydrogen-bond donors (Lipinski definition) is 1. The molecule has 2 aromatic rings. The number of halogens is 2. The monoisotopic (exact) mass is 385 g/mol. The van der Waals surface area contributed by atoms with Crippen LogP contribution in [0.1, 0.15) is 12.0 Å². The second-order valence-corrected chi connectivity index (χ2v) is 5.76. The van der Waals surface area contributed by atoms with Gasteiger partial charge < -0.3 is 5.32 Å². The van der Waals surface area contributed by atoms with Gasteiger partial charge in [-0.05, 0) is 52.8 Å². The lowest BCUT2D eigenvalue weighted by atomic mass is 10.1. The third-order valence-corrected chi connectivity index (χ3v) is 3.82. The van der Waals surface area contributed by atoms with Gasteiger partial charge in [0.25, 0.3) is 0 Å². The van der Waals surface area contributed by atoms with Crippen molar-refractivity contribution in [3.63, 3.8) is 0 Å². The molecule has 0 radical (unpaired) electrons. The number of hydrogen-bond acceptors (Lipinski definition) is 1. The maximum atomic E-state index is 11.9. The van der Waals surface area contributed by atoms with Crippen LogP contribution in [-0.2, 0) is 11.2 Å². The molecule has 0 saturated heterocycles. The van der Waals surface area contributed by atoms with E-state index in [0.717, 1.165) is 15.7 Å². The van der Waals surface area contributed by atoms with Crippen LogP contribution in [0.5, 0.6) is 0 Å². The fraction of sp³-hybridized carbons (Fsp3) is 0.133. The van der Waals surface area contributed by atoms with Crippen molar-refractivity contribution in [2.75, 3.05) is 5.32 Å². The minimum Gasteiger partial charge on any atom is -0.325 e. The fourth-order valence-electron chi connectivity index (χ4n) is 1.71. The lowest BCUT2D eigenvalue weighted by Gasteiger charge is -2.07. The molecule has 2 aromatic carbocycles. The Bertz CT molecular complexity index is 572. The zero-order chi connectivity index (χ0) is 13.7. The smallest absolute Gasteiger partial charge is 0.224 e. The summed E-state index contributed by atoms with van der Waals surface area (Å²) in [6, 6.07) is 15.4. The largest absolute Gasteiger partial charge is 0.325 e. The van der Waals surface area contributed by atoms with Crippen LogP contribution in [0, 0.1) is 3.57 Å². The normalized spacial score (nSPS) is 10.2. The van der Waals surface area contributed by atoms with Gasteiger partial charge in [-0.3, -0.25) is 4.79 Å². The zero-order valence-electron chi connectivity index (χ0n) is 10.2. The Morgan fingerprint density at radius 1 is 1.16 bits per heavy atom. The summed E-state index contributed by atoms with van der Waals surface area (Å²) in [5.41, 5.74) is 1.98. The summed E-state index contributed by atoms with van der Waals surface area (Å²) >= 11 is 8.04. The second kappa shape index (κ2) is 6.91. The van der Waals surface area contributed by atoms with Crippen molar-refractivity contribution in [1.82, 2.24) is 0 Å². The molecular formula is C15H13ClINO. The second-order valence-electron chi connectivity index (χ2n) is 4.16. The van der Waals surface area contributed by atoms with Crippen LogP contribution in [-0.4, -0.2) is 5.91 Å². The van der Waals surface area contributed by atoms with E-state index >= 15 is 0 Å². The number of rotatable bonds is 4. The Morgan fingerprint density at radius 2 is 1.89 bits per heavy atom. The van der Waals surface area contributed by atoms with Crippen molar-refractivity contribution in [1.29, 1.82) is 0 Å². The molecular weight excluding hydrogens is 373 g/mol. The first-order chi connectivity index (χ1) is 9.15. The maximum absolute atomic E-state index is 11.9. The molecule has 0 bridgehead atoms. The number of anilines is 1. The van der Waals surface area contributed by atoms with E-state index in [-0.39, 0.29) is 5.91 Å². The van der Waals surface area contributed by atoms with Gasteiger partial charge in [0.1, 0.15) is 0 Å². The number of aryl methyl sites for hydroxylation is 1. The van der Waals surface area contributed by atoms with E-state index in [9.17, 15) is 4.79 Å². The van der Waals surface area contributed by atoms with E-state index in [1.165, 1.54) is 5.56 Å². The molecule has 0 aromatic heterocycles. The molecule has 0 unspecified atom stereocenters. The van der Waals surface area contributed by atoms with E-state index in [4.69, 9.17) is 11.6 Å². The summed E-state index contributed by atoms with van der Waals surface area (Å²) in [7, 11) is 0. The van der Waals surface area contributed by atoms with Gasteiger partial charge in [-0.2, -0.15) is 0 Å². The number of carbonyl (C=O) groups excluding carboxylic acids is 1. The molecule has 19 heavy (non-hydrogen) atoms. The first-order valence-corrected chi connectivity index (χ1v) is 7.39. The van der Waals surface area contributed by atoms with E-state index in [1.54, 1.807) is 6.07 Å². The Balaban J connectivity index is 1.91. The predicted octanol–water partition coefficient (Wildman–Crippen LogP) is 4.52. The molecule has 0 atom stereocenters. The topological polar surface area (TPSA) is 29.1 Å². The molecule has 98 valence electrons. The van der Waals surface area contributed by atoms with E-state index in [1.807, 2.05) is 42.5 Å². The summed E-state index contributed by atoms with van der Waals surface area (Å²) in [6.45, 7) is 0. The summed E-state index contributed by atoms with van der Waals surface area (Å²) in [6.07, 6.45) is 1.22. The third kappa shape index (κ3) is 4.51. The third-order valence-electron chi connectivity index (χ3n) is 2.69. The van der Waals surface area contributed by atoms with Crippen molar-refractivity contribution in [3.8, 4) is 0 Å². The van der Waals surface area contributed by atoms with Crippen LogP contribution in [0.25, 0.3) is 0 Å². The molecule has 0 saturated carbocycles. The molecule has 1 amide bonds. The van der Waals surface area contributed by atoms with E-state index in [2.05, 4.69) is 27.9 Å². The number of amides is 1. The highest BCUT2D eigenvalue weighted by molar-refractivity contribution is 14.1. The number of benzene rings is 2. The summed E-state index contributed by atoms with van der Waals surface area (Å²) in [4.78, 5) is 11.9. The molecule has 4 heteroatoms. The molecule has 0 aliphatic heterocycles. The minimum absolute atomic E-state index is 0.0177. The van der Waals surface area contributed by atoms with Crippen molar-refractivity contribution in [2.45, 2.75) is 12.8 Å². The standard InChI is InChI=1S/C15H13ClINO/c16-12-7-8-14(13(17)10-12)18-15(19)9-6-11-4-2-1-3-5-11/h1-5,7-8,10H,6,9H2,(H,18,19). The van der Waals surface area contributed by atoms with Gasteiger partial charge in [-0.15, -0.1) is 0 Å². The fourth-order valence-corrected chi connectivity index (χ4v) is 2.71. The maximum Gasteiger partial charge on any atom is 0.224 e. The minimum atomic E-state index is 0.0177. The average molecular weight is 386 g/mol.